The lowest BCUT2D eigenvalue weighted by atomic mass is 10.0. The minimum Gasteiger partial charge on any atom is -0.477 e. The van der Waals surface area contributed by atoms with Gasteiger partial charge in [0.1, 0.15) is 0 Å². The number of amides is 1. The van der Waals surface area contributed by atoms with Gasteiger partial charge >= 0.3 is 5.97 Å². The number of carbonyl (C=O) groups excluding carboxylic acids is 1. The molecule has 5 heteroatoms. The highest BCUT2D eigenvalue weighted by Gasteiger charge is 2.41. The van der Waals surface area contributed by atoms with Gasteiger partial charge in [0.2, 0.25) is 6.41 Å². The molecule has 0 saturated carbocycles. The highest BCUT2D eigenvalue weighted by atomic mass is 16.5. The molecule has 5 nitrogen and oxygen atoms in total. The molecule has 0 aromatic heterocycles. The van der Waals surface area contributed by atoms with Gasteiger partial charge in [-0.3, -0.25) is 4.79 Å². The van der Waals surface area contributed by atoms with Crippen molar-refractivity contribution in [2.24, 2.45) is 0 Å². The number of rotatable bonds is 6. The molecule has 1 amide bonds. The monoisotopic (exact) mass is 223 g/mol. The number of aliphatic carboxylic acids is 1. The summed E-state index contributed by atoms with van der Waals surface area (Å²) in [7, 11) is 0. The first-order valence-corrected chi connectivity index (χ1v) is 4.81. The maximum absolute atomic E-state index is 11.3. The van der Waals surface area contributed by atoms with Gasteiger partial charge in [-0.25, -0.2) is 4.79 Å². The first-order valence-electron chi connectivity index (χ1n) is 4.81. The van der Waals surface area contributed by atoms with Crippen molar-refractivity contribution in [3.05, 3.63) is 35.9 Å². The van der Waals surface area contributed by atoms with Crippen LogP contribution in [-0.4, -0.2) is 24.1 Å². The summed E-state index contributed by atoms with van der Waals surface area (Å²) < 4.78 is 5.18. The molecular weight excluding hydrogens is 210 g/mol. The molecule has 1 aromatic rings. The molecule has 16 heavy (non-hydrogen) atoms. The second-order valence-corrected chi connectivity index (χ2v) is 3.05. The average Bonchev–Trinajstić information content (AvgIpc) is 2.29. The fourth-order valence-corrected chi connectivity index (χ4v) is 1.43. The molecule has 0 aliphatic carbocycles. The standard InChI is InChI=1S/C11H13NO4/c1-2-16-11(10(14)15,12-8-13)9-6-4-3-5-7-9/h3-8H,2H2,1H3,(H,12,13)(H,14,15). The van der Waals surface area contributed by atoms with E-state index < -0.39 is 11.7 Å². The summed E-state index contributed by atoms with van der Waals surface area (Å²) in [5, 5.41) is 11.4. The van der Waals surface area contributed by atoms with E-state index in [9.17, 15) is 14.7 Å². The molecule has 0 fully saturated rings. The zero-order valence-corrected chi connectivity index (χ0v) is 8.84. The quantitative estimate of drug-likeness (QED) is 0.550. The Hall–Kier alpha value is -1.88. The normalized spacial score (nSPS) is 13.8. The molecule has 1 unspecified atom stereocenters. The molecule has 0 radical (unpaired) electrons. The van der Waals surface area contributed by atoms with Gasteiger partial charge in [0.15, 0.2) is 0 Å². The molecule has 2 N–H and O–H groups in total. The van der Waals surface area contributed by atoms with Crippen LogP contribution < -0.4 is 5.32 Å². The van der Waals surface area contributed by atoms with Crippen molar-refractivity contribution in [3.63, 3.8) is 0 Å². The van der Waals surface area contributed by atoms with E-state index in [4.69, 9.17) is 4.74 Å². The summed E-state index contributed by atoms with van der Waals surface area (Å²) in [6, 6.07) is 8.28. The Morgan fingerprint density at radius 2 is 2.12 bits per heavy atom. The van der Waals surface area contributed by atoms with Crippen LogP contribution >= 0.6 is 0 Å². The van der Waals surface area contributed by atoms with Gasteiger partial charge < -0.3 is 15.2 Å². The van der Waals surface area contributed by atoms with Crippen molar-refractivity contribution in [2.45, 2.75) is 12.6 Å². The zero-order valence-electron chi connectivity index (χ0n) is 8.84. The molecule has 0 aliphatic rings. The number of carbonyl (C=O) groups is 2. The molecule has 1 aromatic carbocycles. The van der Waals surface area contributed by atoms with E-state index in [0.717, 1.165) is 0 Å². The third kappa shape index (κ3) is 2.20. The Morgan fingerprint density at radius 3 is 2.56 bits per heavy atom. The molecule has 0 spiro atoms. The Bertz CT molecular complexity index is 366. The van der Waals surface area contributed by atoms with Gasteiger partial charge in [-0.15, -0.1) is 0 Å². The zero-order chi connectivity index (χ0) is 12.0. The molecule has 0 heterocycles. The van der Waals surface area contributed by atoms with Crippen LogP contribution in [0, 0.1) is 0 Å². The van der Waals surface area contributed by atoms with Crippen molar-refractivity contribution in [2.75, 3.05) is 6.61 Å². The number of hydrogen-bond donors (Lipinski definition) is 2. The van der Waals surface area contributed by atoms with E-state index in [2.05, 4.69) is 5.32 Å². The van der Waals surface area contributed by atoms with Crippen LogP contribution in [0.25, 0.3) is 0 Å². The third-order valence-corrected chi connectivity index (χ3v) is 2.10. The van der Waals surface area contributed by atoms with Gasteiger partial charge in [-0.1, -0.05) is 30.3 Å². The maximum atomic E-state index is 11.3. The van der Waals surface area contributed by atoms with E-state index in [0.29, 0.717) is 12.0 Å². The van der Waals surface area contributed by atoms with Crippen molar-refractivity contribution < 1.29 is 19.4 Å². The number of carboxylic acid groups (broad SMARTS) is 1. The van der Waals surface area contributed by atoms with Crippen molar-refractivity contribution in [1.82, 2.24) is 5.32 Å². The van der Waals surface area contributed by atoms with Crippen molar-refractivity contribution in [3.8, 4) is 0 Å². The molecule has 0 bridgehead atoms. The lowest BCUT2D eigenvalue weighted by Crippen LogP contribution is -2.51. The lowest BCUT2D eigenvalue weighted by Gasteiger charge is -2.28. The number of benzene rings is 1. The highest BCUT2D eigenvalue weighted by molar-refractivity contribution is 5.81. The van der Waals surface area contributed by atoms with E-state index in [-0.39, 0.29) is 6.61 Å². The largest absolute Gasteiger partial charge is 0.477 e. The summed E-state index contributed by atoms with van der Waals surface area (Å²) in [5.41, 5.74) is -1.44. The molecule has 0 saturated heterocycles. The second kappa shape index (κ2) is 5.27. The van der Waals surface area contributed by atoms with Crippen LogP contribution in [-0.2, 0) is 20.1 Å². The average molecular weight is 223 g/mol. The SMILES string of the molecule is CCOC(NC=O)(C(=O)O)c1ccccc1. The smallest absolute Gasteiger partial charge is 0.362 e. The Labute approximate surface area is 93.0 Å². The predicted octanol–water partition coefficient (Wildman–Crippen LogP) is 0.706. The van der Waals surface area contributed by atoms with Gasteiger partial charge in [-0.05, 0) is 6.92 Å². The summed E-state index contributed by atoms with van der Waals surface area (Å²) in [5.74, 6) is -1.26. The third-order valence-electron chi connectivity index (χ3n) is 2.10. The lowest BCUT2D eigenvalue weighted by molar-refractivity contribution is -0.174. The number of nitrogens with one attached hydrogen (secondary N) is 1. The predicted molar refractivity (Wildman–Crippen MR) is 56.6 cm³/mol. The Morgan fingerprint density at radius 1 is 1.50 bits per heavy atom. The summed E-state index contributed by atoms with van der Waals surface area (Å²) in [6.45, 7) is 1.83. The van der Waals surface area contributed by atoms with Gasteiger partial charge in [-0.2, -0.15) is 0 Å². The van der Waals surface area contributed by atoms with E-state index in [1.807, 2.05) is 0 Å². The fourth-order valence-electron chi connectivity index (χ4n) is 1.43. The second-order valence-electron chi connectivity index (χ2n) is 3.05. The molecule has 1 rings (SSSR count). The van der Waals surface area contributed by atoms with Crippen LogP contribution in [0.4, 0.5) is 0 Å². The van der Waals surface area contributed by atoms with Gasteiger partial charge in [0, 0.05) is 12.2 Å². The summed E-state index contributed by atoms with van der Waals surface area (Å²) >= 11 is 0. The first kappa shape index (κ1) is 12.2. The number of carboxylic acids is 1. The van der Waals surface area contributed by atoms with E-state index in [1.165, 1.54) is 0 Å². The van der Waals surface area contributed by atoms with Crippen LogP contribution in [0.5, 0.6) is 0 Å². The van der Waals surface area contributed by atoms with E-state index >= 15 is 0 Å². The van der Waals surface area contributed by atoms with Gasteiger partial charge in [0.05, 0.1) is 0 Å². The fraction of sp³-hybridized carbons (Fsp3) is 0.273. The Balaban J connectivity index is 3.20. The molecule has 1 atom stereocenters. The van der Waals surface area contributed by atoms with Crippen molar-refractivity contribution >= 4 is 12.4 Å². The van der Waals surface area contributed by atoms with Crippen LogP contribution in [0.1, 0.15) is 12.5 Å². The van der Waals surface area contributed by atoms with Crippen molar-refractivity contribution in [1.29, 1.82) is 0 Å². The van der Waals surface area contributed by atoms with Gasteiger partial charge in [0.25, 0.3) is 5.72 Å². The van der Waals surface area contributed by atoms with E-state index in [1.54, 1.807) is 37.3 Å². The topological polar surface area (TPSA) is 75.6 Å². The van der Waals surface area contributed by atoms with Crippen LogP contribution in [0.3, 0.4) is 0 Å². The molecule has 0 aliphatic heterocycles. The number of ether oxygens (including phenoxy) is 1. The summed E-state index contributed by atoms with van der Waals surface area (Å²) in [6.07, 6.45) is 0.316. The van der Waals surface area contributed by atoms with Crippen LogP contribution in [0.15, 0.2) is 30.3 Å². The minimum absolute atomic E-state index is 0.169. The summed E-state index contributed by atoms with van der Waals surface area (Å²) in [4.78, 5) is 21.8. The first-order chi connectivity index (χ1) is 7.67. The minimum atomic E-state index is -1.81. The molecular formula is C11H13NO4. The highest BCUT2D eigenvalue weighted by Crippen LogP contribution is 2.22. The Kier molecular flexibility index (Phi) is 4.02. The van der Waals surface area contributed by atoms with Crippen LogP contribution in [0.2, 0.25) is 0 Å². The molecule has 86 valence electrons. The number of hydrogen-bond acceptors (Lipinski definition) is 3. The maximum Gasteiger partial charge on any atom is 0.362 e.